The zero-order valence-electron chi connectivity index (χ0n) is 12.0. The zero-order valence-corrected chi connectivity index (χ0v) is 12.0. The third-order valence-electron chi connectivity index (χ3n) is 5.05. The molecule has 0 saturated carbocycles. The summed E-state index contributed by atoms with van der Waals surface area (Å²) in [5, 5.41) is 0. The van der Waals surface area contributed by atoms with E-state index in [9.17, 15) is 4.79 Å². The minimum absolute atomic E-state index is 0.0961. The Morgan fingerprint density at radius 2 is 2.06 bits per heavy atom. The first-order valence-electron chi connectivity index (χ1n) is 6.83. The smallest absolute Gasteiger partial charge is 0.162 e. The maximum Gasteiger partial charge on any atom is 0.162 e. The molecule has 0 saturated heterocycles. The van der Waals surface area contributed by atoms with Crippen molar-refractivity contribution in [3.05, 3.63) is 36.0 Å². The average molecular weight is 244 g/mol. The normalized spacial score (nSPS) is 34.4. The van der Waals surface area contributed by atoms with Gasteiger partial charge in [-0.05, 0) is 50.5 Å². The van der Waals surface area contributed by atoms with Gasteiger partial charge in [0.25, 0.3) is 0 Å². The Morgan fingerprint density at radius 1 is 1.39 bits per heavy atom. The molecular formula is C17H24O. The average Bonchev–Trinajstić information content (AvgIpc) is 2.29. The number of allylic oxidation sites excluding steroid dienone is 5. The summed E-state index contributed by atoms with van der Waals surface area (Å²) in [7, 11) is 0. The Labute approximate surface area is 111 Å². The Balaban J connectivity index is 2.56. The first-order chi connectivity index (χ1) is 8.33. The molecule has 0 aromatic carbocycles. The van der Waals surface area contributed by atoms with E-state index >= 15 is 0 Å². The fourth-order valence-corrected chi connectivity index (χ4v) is 3.80. The van der Waals surface area contributed by atoms with Crippen molar-refractivity contribution in [2.24, 2.45) is 16.7 Å². The number of carbonyl (C=O) groups is 1. The van der Waals surface area contributed by atoms with Crippen LogP contribution in [0.2, 0.25) is 0 Å². The van der Waals surface area contributed by atoms with Crippen LogP contribution in [-0.4, -0.2) is 5.78 Å². The van der Waals surface area contributed by atoms with Crippen molar-refractivity contribution >= 4 is 5.78 Å². The Hall–Kier alpha value is -1.11. The van der Waals surface area contributed by atoms with Crippen LogP contribution in [0, 0.1) is 16.7 Å². The van der Waals surface area contributed by atoms with Crippen LogP contribution in [-0.2, 0) is 4.79 Å². The number of ketones is 1. The Bertz CT molecular complexity index is 450. The van der Waals surface area contributed by atoms with Crippen molar-refractivity contribution in [3.8, 4) is 0 Å². The highest BCUT2D eigenvalue weighted by atomic mass is 16.1. The summed E-state index contributed by atoms with van der Waals surface area (Å²) in [4.78, 5) is 12.5. The van der Waals surface area contributed by atoms with E-state index in [0.29, 0.717) is 11.7 Å². The molecule has 0 amide bonds. The minimum atomic E-state index is -0.233. The molecule has 0 aromatic rings. The summed E-state index contributed by atoms with van der Waals surface area (Å²) in [5.41, 5.74) is 2.73. The van der Waals surface area contributed by atoms with Crippen molar-refractivity contribution in [2.75, 3.05) is 0 Å². The molecule has 1 nitrogen and oxygen atoms in total. The molecule has 0 aromatic heterocycles. The van der Waals surface area contributed by atoms with Crippen molar-refractivity contribution in [1.82, 2.24) is 0 Å². The van der Waals surface area contributed by atoms with Crippen LogP contribution in [0.4, 0.5) is 0 Å². The third-order valence-corrected chi connectivity index (χ3v) is 5.05. The highest BCUT2D eigenvalue weighted by Crippen LogP contribution is 2.56. The molecule has 0 radical (unpaired) electrons. The lowest BCUT2D eigenvalue weighted by Gasteiger charge is -2.51. The van der Waals surface area contributed by atoms with Crippen molar-refractivity contribution in [3.63, 3.8) is 0 Å². The highest BCUT2D eigenvalue weighted by Gasteiger charge is 2.52. The van der Waals surface area contributed by atoms with Gasteiger partial charge < -0.3 is 0 Å². The first-order valence-corrected chi connectivity index (χ1v) is 6.83. The molecule has 0 unspecified atom stereocenters. The van der Waals surface area contributed by atoms with Gasteiger partial charge in [-0.15, -0.1) is 6.58 Å². The van der Waals surface area contributed by atoms with Crippen LogP contribution in [0.5, 0.6) is 0 Å². The molecule has 18 heavy (non-hydrogen) atoms. The zero-order chi connectivity index (χ0) is 13.6. The lowest BCUT2D eigenvalue weighted by molar-refractivity contribution is -0.131. The fourth-order valence-electron chi connectivity index (χ4n) is 3.80. The quantitative estimate of drug-likeness (QED) is 0.655. The lowest BCUT2D eigenvalue weighted by atomic mass is 9.51. The molecule has 2 rings (SSSR count). The van der Waals surface area contributed by atoms with Gasteiger partial charge in [0.15, 0.2) is 5.78 Å². The fraction of sp³-hybridized carbons (Fsp3) is 0.588. The molecule has 1 heteroatoms. The Morgan fingerprint density at radius 3 is 2.67 bits per heavy atom. The number of hydrogen-bond donors (Lipinski definition) is 0. The number of hydrogen-bond acceptors (Lipinski definition) is 1. The van der Waals surface area contributed by atoms with Gasteiger partial charge in [0.1, 0.15) is 0 Å². The second-order valence-corrected chi connectivity index (χ2v) is 6.66. The number of fused-ring (bicyclic) bond motifs is 1. The molecule has 0 bridgehead atoms. The third kappa shape index (κ3) is 1.81. The van der Waals surface area contributed by atoms with Crippen molar-refractivity contribution < 1.29 is 4.79 Å². The molecule has 0 spiro atoms. The van der Waals surface area contributed by atoms with Gasteiger partial charge in [-0.3, -0.25) is 4.79 Å². The monoisotopic (exact) mass is 244 g/mol. The SMILES string of the molecule is C=CC[C@@]12CC(C)=C(C)C[C@@H]1C(C)(C)C=CC2=O. The molecule has 0 aliphatic heterocycles. The van der Waals surface area contributed by atoms with E-state index in [4.69, 9.17) is 0 Å². The van der Waals surface area contributed by atoms with E-state index in [0.717, 1.165) is 19.3 Å². The van der Waals surface area contributed by atoms with Crippen LogP contribution in [0.1, 0.15) is 47.0 Å². The van der Waals surface area contributed by atoms with Gasteiger partial charge in [0.05, 0.1) is 0 Å². The maximum atomic E-state index is 12.5. The standard InChI is InChI=1S/C17H24O/c1-6-8-17-11-13(3)12(2)10-14(17)16(4,5)9-7-15(17)18/h6-7,9,14H,1,8,10-11H2,2-5H3/t14-,17-/m1/s1. The topological polar surface area (TPSA) is 17.1 Å². The van der Waals surface area contributed by atoms with Crippen LogP contribution in [0.25, 0.3) is 0 Å². The predicted octanol–water partition coefficient (Wildman–Crippen LogP) is 4.46. The minimum Gasteiger partial charge on any atom is -0.294 e. The summed E-state index contributed by atoms with van der Waals surface area (Å²) < 4.78 is 0. The van der Waals surface area contributed by atoms with Crippen LogP contribution in [0.3, 0.4) is 0 Å². The maximum absolute atomic E-state index is 12.5. The second kappa shape index (κ2) is 4.22. The molecular weight excluding hydrogens is 220 g/mol. The van der Waals surface area contributed by atoms with Gasteiger partial charge in [0, 0.05) is 5.41 Å². The van der Waals surface area contributed by atoms with E-state index in [1.165, 1.54) is 11.1 Å². The van der Waals surface area contributed by atoms with Crippen LogP contribution in [0.15, 0.2) is 36.0 Å². The van der Waals surface area contributed by atoms with Crippen molar-refractivity contribution in [2.45, 2.75) is 47.0 Å². The molecule has 0 fully saturated rings. The van der Waals surface area contributed by atoms with E-state index in [-0.39, 0.29) is 10.8 Å². The highest BCUT2D eigenvalue weighted by molar-refractivity contribution is 5.97. The predicted molar refractivity (Wildman–Crippen MR) is 76.3 cm³/mol. The van der Waals surface area contributed by atoms with E-state index < -0.39 is 0 Å². The summed E-state index contributed by atoms with van der Waals surface area (Å²) in [5.74, 6) is 0.711. The van der Waals surface area contributed by atoms with Crippen LogP contribution < -0.4 is 0 Å². The van der Waals surface area contributed by atoms with Gasteiger partial charge in [-0.2, -0.15) is 0 Å². The van der Waals surface area contributed by atoms with E-state index in [2.05, 4.69) is 40.3 Å². The van der Waals surface area contributed by atoms with Gasteiger partial charge in [0.2, 0.25) is 0 Å². The molecule has 2 atom stereocenters. The molecule has 2 aliphatic carbocycles. The largest absolute Gasteiger partial charge is 0.294 e. The molecule has 0 heterocycles. The Kier molecular flexibility index (Phi) is 3.12. The number of carbonyl (C=O) groups excluding carboxylic acids is 1. The summed E-state index contributed by atoms with van der Waals surface area (Å²) in [6.45, 7) is 12.8. The molecule has 98 valence electrons. The van der Waals surface area contributed by atoms with Gasteiger partial charge >= 0.3 is 0 Å². The van der Waals surface area contributed by atoms with Crippen molar-refractivity contribution in [1.29, 1.82) is 0 Å². The summed E-state index contributed by atoms with van der Waals surface area (Å²) >= 11 is 0. The molecule has 0 N–H and O–H groups in total. The molecule has 2 aliphatic rings. The number of rotatable bonds is 2. The summed E-state index contributed by atoms with van der Waals surface area (Å²) in [6, 6.07) is 0. The van der Waals surface area contributed by atoms with E-state index in [1.807, 2.05) is 12.2 Å². The van der Waals surface area contributed by atoms with E-state index in [1.54, 1.807) is 0 Å². The van der Waals surface area contributed by atoms with Crippen LogP contribution >= 0.6 is 0 Å². The summed E-state index contributed by atoms with van der Waals surface area (Å²) in [6.07, 6.45) is 8.59. The lowest BCUT2D eigenvalue weighted by Crippen LogP contribution is -2.49. The second-order valence-electron chi connectivity index (χ2n) is 6.66. The van der Waals surface area contributed by atoms with Gasteiger partial charge in [-0.1, -0.05) is 37.1 Å². The first kappa shape index (κ1) is 13.3. The van der Waals surface area contributed by atoms with Gasteiger partial charge in [-0.25, -0.2) is 0 Å².